The Balaban J connectivity index is -0.0000000700. The van der Waals surface area contributed by atoms with Gasteiger partial charge in [0.05, 0.1) is 0 Å². The number of rotatable bonds is 24. The molecule has 0 amide bonds. The van der Waals surface area contributed by atoms with E-state index in [9.17, 15) is 59.4 Å². The summed E-state index contributed by atoms with van der Waals surface area (Å²) in [6, 6.07) is 0. The van der Waals surface area contributed by atoms with Crippen LogP contribution in [0.25, 0.3) is 0 Å². The molecule has 0 rings (SSSR count). The molecular weight excluding hydrogens is 732 g/mol. The number of carboxylic acids is 6. The standard InChI is InChI=1S/6C6H12O2.H4O.Zr/c6*1-2-3-4-5-6(7)8;;/h6*2-5H2,1H3,(H,7,8);1H4;/q;;;;;;+2;+4/p-6. The van der Waals surface area contributed by atoms with Crippen LogP contribution in [0.1, 0.15) is 196 Å². The number of hydrogen-bond acceptors (Lipinski definition) is 12. The van der Waals surface area contributed by atoms with Gasteiger partial charge in [-0.3, -0.25) is 0 Å². The largest absolute Gasteiger partial charge is 4.00 e. The maximum Gasteiger partial charge on any atom is 4.00 e. The number of carbonyl (C=O) groups excluding carboxylic acids is 6. The zero-order valence-electron chi connectivity index (χ0n) is 32.1. The fraction of sp³-hybridized carbons (Fsp3) is 0.833. The second kappa shape index (κ2) is 61.8. The van der Waals surface area contributed by atoms with E-state index in [1.165, 1.54) is 0 Å². The van der Waals surface area contributed by atoms with Crippen molar-refractivity contribution in [2.24, 2.45) is 0 Å². The van der Waals surface area contributed by atoms with E-state index in [0.717, 1.165) is 116 Å². The molecule has 296 valence electrons. The second-order valence-corrected chi connectivity index (χ2v) is 11.0. The van der Waals surface area contributed by atoms with Gasteiger partial charge in [0.15, 0.2) is 0 Å². The normalized spacial score (nSPS) is 8.76. The molecule has 0 bridgehead atoms. The molecule has 0 atom stereocenters. The molecular formula is C36H70O13Zr. The monoisotopic (exact) mass is 800 g/mol. The quantitative estimate of drug-likeness (QED) is 0.122. The summed E-state index contributed by atoms with van der Waals surface area (Å²) < 4.78 is 0. The van der Waals surface area contributed by atoms with E-state index in [2.05, 4.69) is 0 Å². The van der Waals surface area contributed by atoms with E-state index in [-0.39, 0.29) is 70.2 Å². The summed E-state index contributed by atoms with van der Waals surface area (Å²) in [6.45, 7) is 12.2. The van der Waals surface area contributed by atoms with E-state index in [0.29, 0.717) is 0 Å². The van der Waals surface area contributed by atoms with E-state index in [1.807, 2.05) is 41.5 Å². The van der Waals surface area contributed by atoms with Crippen molar-refractivity contribution < 1.29 is 91.1 Å². The number of carboxylic acid groups (broad SMARTS) is 6. The predicted octanol–water partition coefficient (Wildman–Crippen LogP) is 0.708. The number of carbonyl (C=O) groups is 6. The summed E-state index contributed by atoms with van der Waals surface area (Å²) >= 11 is 0. The van der Waals surface area contributed by atoms with Crippen LogP contribution in [0.5, 0.6) is 0 Å². The van der Waals surface area contributed by atoms with Gasteiger partial charge in [-0.05, 0) is 77.0 Å². The molecule has 0 aromatic heterocycles. The van der Waals surface area contributed by atoms with Crippen LogP contribution >= 0.6 is 0 Å². The Morgan fingerprint density at radius 2 is 0.380 bits per heavy atom. The van der Waals surface area contributed by atoms with E-state index >= 15 is 0 Å². The average Bonchev–Trinajstić information content (AvgIpc) is 2.99. The van der Waals surface area contributed by atoms with Crippen molar-refractivity contribution in [2.75, 3.05) is 0 Å². The van der Waals surface area contributed by atoms with Crippen LogP contribution in [0.2, 0.25) is 0 Å². The molecule has 4 N–H and O–H groups in total. The van der Waals surface area contributed by atoms with Gasteiger partial charge < -0.3 is 64.9 Å². The van der Waals surface area contributed by atoms with Crippen LogP contribution in [0.4, 0.5) is 0 Å². The number of unbranched alkanes of at least 4 members (excludes halogenated alkanes) is 12. The van der Waals surface area contributed by atoms with Crippen LogP contribution in [0.3, 0.4) is 0 Å². The van der Waals surface area contributed by atoms with Gasteiger partial charge in [-0.25, -0.2) is 0 Å². The van der Waals surface area contributed by atoms with Crippen molar-refractivity contribution in [1.82, 2.24) is 0 Å². The summed E-state index contributed by atoms with van der Waals surface area (Å²) in [5, 5.41) is 58.6. The van der Waals surface area contributed by atoms with Crippen molar-refractivity contribution in [2.45, 2.75) is 196 Å². The van der Waals surface area contributed by atoms with E-state index in [4.69, 9.17) is 0 Å². The van der Waals surface area contributed by atoms with Gasteiger partial charge in [0.2, 0.25) is 0 Å². The van der Waals surface area contributed by atoms with Gasteiger partial charge in [0.1, 0.15) is 0 Å². The zero-order valence-corrected chi connectivity index (χ0v) is 34.5. The maximum atomic E-state index is 9.76. The Hall–Kier alpha value is -2.34. The van der Waals surface area contributed by atoms with Gasteiger partial charge in [-0.2, -0.15) is 0 Å². The molecule has 0 aliphatic carbocycles. The Kier molecular flexibility index (Phi) is 81.6. The Morgan fingerprint density at radius 1 is 0.280 bits per heavy atom. The summed E-state index contributed by atoms with van der Waals surface area (Å²) in [5.41, 5.74) is 0. The minimum absolute atomic E-state index is 0. The second-order valence-electron chi connectivity index (χ2n) is 11.0. The molecule has 0 heterocycles. The fourth-order valence-electron chi connectivity index (χ4n) is 3.12. The molecule has 50 heavy (non-hydrogen) atoms. The first-order valence-corrected chi connectivity index (χ1v) is 17.8. The van der Waals surface area contributed by atoms with Gasteiger partial charge >= 0.3 is 26.2 Å². The molecule has 0 aliphatic heterocycles. The van der Waals surface area contributed by atoms with E-state index < -0.39 is 35.8 Å². The fourth-order valence-corrected chi connectivity index (χ4v) is 3.12. The maximum absolute atomic E-state index is 9.76. The van der Waals surface area contributed by atoms with Crippen molar-refractivity contribution in [1.29, 1.82) is 0 Å². The smallest absolute Gasteiger partial charge is 0.873 e. The Morgan fingerprint density at radius 3 is 0.440 bits per heavy atom. The SMILES string of the molecule is CCCCCC(=O)[O-].CCCCCC(=O)[O-].CCCCCC(=O)[O-].CCCCCC(=O)[O-].CCCCCC(=O)[O-].CCCCCC(=O)[O-].[OH4+2].[Zr+4]. The van der Waals surface area contributed by atoms with Crippen molar-refractivity contribution in [3.05, 3.63) is 0 Å². The molecule has 13 nitrogen and oxygen atoms in total. The van der Waals surface area contributed by atoms with Crippen LogP contribution in [-0.4, -0.2) is 35.8 Å². The predicted molar refractivity (Wildman–Crippen MR) is 181 cm³/mol. The molecule has 14 heteroatoms. The molecule has 0 aromatic carbocycles. The minimum atomic E-state index is -0.932. The first kappa shape index (κ1) is 66.0. The first-order chi connectivity index (χ1) is 22.6. The van der Waals surface area contributed by atoms with Crippen LogP contribution in [0.15, 0.2) is 0 Å². The summed E-state index contributed by atoms with van der Waals surface area (Å²) in [5.74, 6) is -5.59. The number of hydrogen-bond donors (Lipinski definition) is 0. The summed E-state index contributed by atoms with van der Waals surface area (Å²) in [4.78, 5) is 58.6. The molecule has 0 fully saturated rings. The molecule has 0 saturated carbocycles. The van der Waals surface area contributed by atoms with Crippen molar-refractivity contribution in [3.8, 4) is 0 Å². The van der Waals surface area contributed by atoms with Crippen LogP contribution < -0.4 is 30.6 Å². The third-order valence-corrected chi connectivity index (χ3v) is 5.91. The van der Waals surface area contributed by atoms with Gasteiger partial charge in [-0.1, -0.05) is 119 Å². The summed E-state index contributed by atoms with van der Waals surface area (Å²) in [7, 11) is 0. The molecule has 0 radical (unpaired) electrons. The van der Waals surface area contributed by atoms with Crippen LogP contribution in [-0.2, 0) is 60.4 Å². The molecule has 0 spiro atoms. The van der Waals surface area contributed by atoms with Gasteiger partial charge in [0.25, 0.3) is 0 Å². The number of aliphatic carboxylic acids is 6. The Labute approximate surface area is 321 Å². The minimum Gasteiger partial charge on any atom is -0.873 e. The summed E-state index contributed by atoms with van der Waals surface area (Å²) in [6.07, 6.45) is 18.2. The van der Waals surface area contributed by atoms with Crippen molar-refractivity contribution in [3.63, 3.8) is 0 Å². The average molecular weight is 802 g/mol. The Bertz CT molecular complexity index is 578. The molecule has 0 aliphatic rings. The molecule has 0 unspecified atom stereocenters. The topological polar surface area (TPSA) is 275 Å². The first-order valence-electron chi connectivity index (χ1n) is 17.8. The van der Waals surface area contributed by atoms with Gasteiger partial charge in [-0.15, -0.1) is 0 Å². The molecule has 0 saturated heterocycles. The van der Waals surface area contributed by atoms with Gasteiger partial charge in [0, 0.05) is 35.8 Å². The van der Waals surface area contributed by atoms with Crippen molar-refractivity contribution >= 4 is 35.8 Å². The molecule has 0 aromatic rings. The van der Waals surface area contributed by atoms with E-state index in [1.54, 1.807) is 0 Å². The zero-order chi connectivity index (χ0) is 38.4. The third-order valence-electron chi connectivity index (χ3n) is 5.91. The third kappa shape index (κ3) is 119. The van der Waals surface area contributed by atoms with Crippen LogP contribution in [0, 0.1) is 0 Å².